The van der Waals surface area contributed by atoms with Gasteiger partial charge in [-0.3, -0.25) is 0 Å². The van der Waals surface area contributed by atoms with Crippen LogP contribution in [0.25, 0.3) is 5.57 Å². The van der Waals surface area contributed by atoms with E-state index in [1.54, 1.807) is 0 Å². The Bertz CT molecular complexity index is 533. The quantitative estimate of drug-likeness (QED) is 0.772. The van der Waals surface area contributed by atoms with Gasteiger partial charge in [-0.1, -0.05) is 11.6 Å². The van der Waals surface area contributed by atoms with Gasteiger partial charge < -0.3 is 9.84 Å². The van der Waals surface area contributed by atoms with Crippen LogP contribution in [-0.2, 0) is 0 Å². The summed E-state index contributed by atoms with van der Waals surface area (Å²) in [6.45, 7) is 3.01. The number of allylic oxidation sites excluding steroid dienone is 1. The van der Waals surface area contributed by atoms with Crippen LogP contribution in [0.2, 0.25) is 5.02 Å². The molecule has 1 heterocycles. The zero-order valence-corrected chi connectivity index (χ0v) is 10.4. The summed E-state index contributed by atoms with van der Waals surface area (Å²) >= 11 is 5.63. The molecule has 2 nitrogen and oxygen atoms in total. The van der Waals surface area contributed by atoms with Crippen LogP contribution in [0.15, 0.2) is 18.2 Å². The van der Waals surface area contributed by atoms with E-state index in [9.17, 15) is 18.3 Å². The molecule has 1 aliphatic heterocycles. The first-order chi connectivity index (χ1) is 8.10. The molecule has 0 aromatic heterocycles. The van der Waals surface area contributed by atoms with Crippen molar-refractivity contribution in [2.75, 3.05) is 0 Å². The Morgan fingerprint density at radius 3 is 2.44 bits per heavy atom. The number of aromatic hydroxyl groups is 1. The molecule has 0 unspecified atom stereocenters. The van der Waals surface area contributed by atoms with E-state index in [2.05, 4.69) is 0 Å². The molecular weight excluding hydrogens is 269 g/mol. The van der Waals surface area contributed by atoms with Gasteiger partial charge in [0.15, 0.2) is 0 Å². The van der Waals surface area contributed by atoms with Crippen molar-refractivity contribution in [2.24, 2.45) is 0 Å². The first kappa shape index (κ1) is 13.1. The predicted molar refractivity (Wildman–Crippen MR) is 61.9 cm³/mol. The Kier molecular flexibility index (Phi) is 2.77. The molecule has 0 spiro atoms. The van der Waals surface area contributed by atoms with Crippen molar-refractivity contribution >= 4 is 17.2 Å². The molecule has 2 rings (SSSR count). The zero-order chi connectivity index (χ0) is 13.7. The van der Waals surface area contributed by atoms with E-state index >= 15 is 0 Å². The fourth-order valence-electron chi connectivity index (χ4n) is 1.81. The van der Waals surface area contributed by atoms with Gasteiger partial charge in [-0.25, -0.2) is 0 Å². The molecule has 1 aromatic carbocycles. The van der Waals surface area contributed by atoms with Gasteiger partial charge in [-0.15, -0.1) is 0 Å². The van der Waals surface area contributed by atoms with Gasteiger partial charge in [0.05, 0.1) is 10.6 Å². The summed E-state index contributed by atoms with van der Waals surface area (Å²) in [5.74, 6) is -0.341. The van der Waals surface area contributed by atoms with Gasteiger partial charge in [0.2, 0.25) is 0 Å². The van der Waals surface area contributed by atoms with E-state index in [1.807, 2.05) is 0 Å². The molecule has 1 aliphatic rings. The molecule has 1 N–H and O–H groups in total. The Labute approximate surface area is 107 Å². The molecule has 0 saturated heterocycles. The number of alkyl halides is 3. The van der Waals surface area contributed by atoms with E-state index in [0.29, 0.717) is 0 Å². The third-order valence-corrected chi connectivity index (χ3v) is 2.81. The molecule has 0 saturated carbocycles. The Morgan fingerprint density at radius 1 is 1.28 bits per heavy atom. The second kappa shape index (κ2) is 3.82. The van der Waals surface area contributed by atoms with Gasteiger partial charge in [-0.2, -0.15) is 13.2 Å². The lowest BCUT2D eigenvalue weighted by Gasteiger charge is -2.32. The molecule has 0 fully saturated rings. The summed E-state index contributed by atoms with van der Waals surface area (Å²) in [5, 5.41) is 9.28. The fourth-order valence-corrected chi connectivity index (χ4v) is 1.97. The Morgan fingerprint density at radius 2 is 1.89 bits per heavy atom. The SMILES string of the molecule is CC1(C)C=C(C(F)(F)F)c2cc(Cl)c(O)cc2O1. The molecule has 1 aromatic rings. The highest BCUT2D eigenvalue weighted by Gasteiger charge is 2.41. The fraction of sp³-hybridized carbons (Fsp3) is 0.333. The molecule has 0 amide bonds. The van der Waals surface area contributed by atoms with E-state index in [-0.39, 0.29) is 22.1 Å². The summed E-state index contributed by atoms with van der Waals surface area (Å²) in [4.78, 5) is 0. The summed E-state index contributed by atoms with van der Waals surface area (Å²) in [6.07, 6.45) is -3.50. The average molecular weight is 279 g/mol. The van der Waals surface area contributed by atoms with Crippen LogP contribution in [0, 0.1) is 0 Å². The largest absolute Gasteiger partial charge is 0.506 e. The standard InChI is InChI=1S/C12H10ClF3O2/c1-11(2)5-7(12(14,15)16)6-3-8(13)9(17)4-10(6)18-11/h3-5,17H,1-2H3. The maximum atomic E-state index is 13.0. The lowest BCUT2D eigenvalue weighted by Crippen LogP contribution is -2.31. The van der Waals surface area contributed by atoms with Crippen molar-refractivity contribution < 1.29 is 23.0 Å². The van der Waals surface area contributed by atoms with Crippen molar-refractivity contribution in [3.8, 4) is 11.5 Å². The second-order valence-electron chi connectivity index (χ2n) is 4.56. The van der Waals surface area contributed by atoms with Crippen molar-refractivity contribution in [2.45, 2.75) is 25.6 Å². The highest BCUT2D eigenvalue weighted by atomic mass is 35.5. The number of benzene rings is 1. The van der Waals surface area contributed by atoms with Crippen LogP contribution < -0.4 is 4.74 Å². The highest BCUT2D eigenvalue weighted by molar-refractivity contribution is 6.32. The summed E-state index contributed by atoms with van der Waals surface area (Å²) in [6, 6.07) is 2.15. The molecule has 6 heteroatoms. The Hall–Kier alpha value is -1.36. The van der Waals surface area contributed by atoms with Gasteiger partial charge in [0.25, 0.3) is 0 Å². The number of hydrogen-bond donors (Lipinski definition) is 1. The maximum absolute atomic E-state index is 13.0. The minimum atomic E-state index is -4.50. The first-order valence-electron chi connectivity index (χ1n) is 5.12. The smallest absolute Gasteiger partial charge is 0.416 e. The van der Waals surface area contributed by atoms with E-state index in [0.717, 1.165) is 18.2 Å². The van der Waals surface area contributed by atoms with Crippen LogP contribution >= 0.6 is 11.6 Å². The molecule has 0 atom stereocenters. The van der Waals surface area contributed by atoms with Gasteiger partial charge in [-0.05, 0) is 26.0 Å². The number of phenols is 1. The van der Waals surface area contributed by atoms with Crippen molar-refractivity contribution in [3.05, 3.63) is 28.8 Å². The number of halogens is 4. The Balaban J connectivity index is 2.68. The van der Waals surface area contributed by atoms with Crippen LogP contribution in [0.1, 0.15) is 19.4 Å². The minimum absolute atomic E-state index is 0.0308. The van der Waals surface area contributed by atoms with Crippen molar-refractivity contribution in [1.29, 1.82) is 0 Å². The average Bonchev–Trinajstić information content (AvgIpc) is 2.17. The number of fused-ring (bicyclic) bond motifs is 1. The van der Waals surface area contributed by atoms with Crippen molar-refractivity contribution in [1.82, 2.24) is 0 Å². The summed E-state index contributed by atoms with van der Waals surface area (Å²) in [5.41, 5.74) is -2.07. The van der Waals surface area contributed by atoms with Crippen LogP contribution in [0.3, 0.4) is 0 Å². The summed E-state index contributed by atoms with van der Waals surface area (Å²) in [7, 11) is 0. The van der Waals surface area contributed by atoms with Crippen molar-refractivity contribution in [3.63, 3.8) is 0 Å². The molecule has 98 valence electrons. The van der Waals surface area contributed by atoms with Gasteiger partial charge in [0.1, 0.15) is 17.1 Å². The molecule has 0 bridgehead atoms. The van der Waals surface area contributed by atoms with Gasteiger partial charge in [0, 0.05) is 11.6 Å². The number of rotatable bonds is 0. The summed E-state index contributed by atoms with van der Waals surface area (Å²) < 4.78 is 44.3. The molecule has 18 heavy (non-hydrogen) atoms. The third kappa shape index (κ3) is 2.27. The predicted octanol–water partition coefficient (Wildman–Crippen LogP) is 4.16. The molecule has 0 radical (unpaired) electrons. The second-order valence-corrected chi connectivity index (χ2v) is 4.97. The van der Waals surface area contributed by atoms with E-state index in [4.69, 9.17) is 16.3 Å². The minimum Gasteiger partial charge on any atom is -0.506 e. The monoisotopic (exact) mass is 278 g/mol. The van der Waals surface area contributed by atoms with E-state index < -0.39 is 17.4 Å². The van der Waals surface area contributed by atoms with Gasteiger partial charge >= 0.3 is 6.18 Å². The number of hydrogen-bond acceptors (Lipinski definition) is 2. The highest BCUT2D eigenvalue weighted by Crippen LogP contribution is 2.46. The maximum Gasteiger partial charge on any atom is 0.416 e. The lowest BCUT2D eigenvalue weighted by atomic mass is 9.94. The first-order valence-corrected chi connectivity index (χ1v) is 5.50. The third-order valence-electron chi connectivity index (χ3n) is 2.51. The number of phenolic OH excluding ortho intramolecular Hbond substituents is 1. The topological polar surface area (TPSA) is 29.5 Å². The normalized spacial score (nSPS) is 17.8. The molecular formula is C12H10ClF3O2. The van der Waals surface area contributed by atoms with Crippen LogP contribution in [0.4, 0.5) is 13.2 Å². The van der Waals surface area contributed by atoms with E-state index in [1.165, 1.54) is 13.8 Å². The molecule has 0 aliphatic carbocycles. The lowest BCUT2D eigenvalue weighted by molar-refractivity contribution is -0.0708. The van der Waals surface area contributed by atoms with Crippen LogP contribution in [0.5, 0.6) is 11.5 Å². The zero-order valence-electron chi connectivity index (χ0n) is 9.60. The number of ether oxygens (including phenoxy) is 1. The van der Waals surface area contributed by atoms with Crippen LogP contribution in [-0.4, -0.2) is 16.9 Å².